The van der Waals surface area contributed by atoms with Crippen LogP contribution in [-0.2, 0) is 14.3 Å². The number of hydrogen-bond acceptors (Lipinski definition) is 4. The maximum absolute atomic E-state index is 12.1. The molecule has 0 aromatic carbocycles. The molecule has 6 nitrogen and oxygen atoms in total. The monoisotopic (exact) mass is 277 g/mol. The summed E-state index contributed by atoms with van der Waals surface area (Å²) in [6.45, 7) is 0.393. The molecule has 1 aliphatic heterocycles. The topological polar surface area (TPSA) is 64.4 Å². The number of carbonyl (C=O) groups excluding carboxylic acids is 2. The van der Waals surface area contributed by atoms with Gasteiger partial charge in [0.05, 0.1) is 25.3 Å². The maximum atomic E-state index is 12.1. The molecule has 2 aliphatic rings. The van der Waals surface area contributed by atoms with Gasteiger partial charge in [0.15, 0.2) is 0 Å². The first kappa shape index (κ1) is 13.1. The van der Waals surface area contributed by atoms with Crippen LogP contribution in [0.15, 0.2) is 12.3 Å². The lowest BCUT2D eigenvalue weighted by Crippen LogP contribution is -2.29. The third kappa shape index (κ3) is 2.19. The van der Waals surface area contributed by atoms with E-state index in [1.807, 2.05) is 10.7 Å². The highest BCUT2D eigenvalue weighted by Crippen LogP contribution is 2.34. The minimum atomic E-state index is -0.362. The summed E-state index contributed by atoms with van der Waals surface area (Å²) >= 11 is 0. The number of anilines is 1. The van der Waals surface area contributed by atoms with Crippen LogP contribution in [0.25, 0.3) is 0 Å². The van der Waals surface area contributed by atoms with Crippen molar-refractivity contribution in [3.8, 4) is 0 Å². The Labute approximate surface area is 117 Å². The number of methoxy groups -OCH3 is 1. The number of aromatic nitrogens is 2. The normalized spacial score (nSPS) is 23.6. The molecule has 2 fully saturated rings. The highest BCUT2D eigenvalue weighted by molar-refractivity contribution is 5.98. The molecule has 1 atom stereocenters. The number of hydrogen-bond donors (Lipinski definition) is 0. The highest BCUT2D eigenvalue weighted by atomic mass is 16.5. The molecular formula is C14H19N3O3. The van der Waals surface area contributed by atoms with E-state index in [9.17, 15) is 9.59 Å². The molecule has 1 saturated carbocycles. The van der Waals surface area contributed by atoms with Crippen LogP contribution in [0, 0.1) is 5.92 Å². The summed E-state index contributed by atoms with van der Waals surface area (Å²) in [5, 5.41) is 4.37. The van der Waals surface area contributed by atoms with Crippen molar-refractivity contribution in [3.63, 3.8) is 0 Å². The zero-order valence-electron chi connectivity index (χ0n) is 11.6. The molecule has 108 valence electrons. The van der Waals surface area contributed by atoms with Crippen molar-refractivity contribution < 1.29 is 14.3 Å². The molecule has 1 aliphatic carbocycles. The zero-order valence-corrected chi connectivity index (χ0v) is 11.6. The van der Waals surface area contributed by atoms with E-state index in [2.05, 4.69) is 5.10 Å². The quantitative estimate of drug-likeness (QED) is 0.786. The Hall–Kier alpha value is -1.85. The summed E-state index contributed by atoms with van der Waals surface area (Å²) in [6.07, 6.45) is 6.59. The lowest BCUT2D eigenvalue weighted by Gasteiger charge is -2.21. The number of nitrogens with zero attached hydrogens (tertiary/aromatic N) is 3. The predicted molar refractivity (Wildman–Crippen MR) is 72.2 cm³/mol. The zero-order chi connectivity index (χ0) is 14.1. The van der Waals surface area contributed by atoms with Crippen LogP contribution in [0.1, 0.15) is 38.1 Å². The fraction of sp³-hybridized carbons (Fsp3) is 0.643. The smallest absolute Gasteiger partial charge is 0.311 e. The van der Waals surface area contributed by atoms with Gasteiger partial charge in [-0.2, -0.15) is 5.10 Å². The average molecular weight is 277 g/mol. The summed E-state index contributed by atoms with van der Waals surface area (Å²) in [5.74, 6) is 0.112. The Morgan fingerprint density at radius 3 is 2.85 bits per heavy atom. The molecule has 0 spiro atoms. The van der Waals surface area contributed by atoms with Crippen molar-refractivity contribution >= 4 is 17.7 Å². The van der Waals surface area contributed by atoms with E-state index in [0.29, 0.717) is 12.6 Å². The highest BCUT2D eigenvalue weighted by Gasteiger charge is 2.37. The molecule has 1 saturated heterocycles. The van der Waals surface area contributed by atoms with Gasteiger partial charge in [0, 0.05) is 19.0 Å². The lowest BCUT2D eigenvalue weighted by atomic mass is 10.1. The second-order valence-electron chi connectivity index (χ2n) is 5.50. The first-order valence-electron chi connectivity index (χ1n) is 7.12. The molecule has 0 bridgehead atoms. The third-order valence-corrected chi connectivity index (χ3v) is 4.26. The summed E-state index contributed by atoms with van der Waals surface area (Å²) in [4.78, 5) is 25.4. The van der Waals surface area contributed by atoms with Crippen LogP contribution in [0.3, 0.4) is 0 Å². The van der Waals surface area contributed by atoms with Gasteiger partial charge in [-0.15, -0.1) is 0 Å². The van der Waals surface area contributed by atoms with E-state index in [0.717, 1.165) is 18.7 Å². The van der Waals surface area contributed by atoms with Gasteiger partial charge in [-0.05, 0) is 12.8 Å². The summed E-state index contributed by atoms with van der Waals surface area (Å²) in [5.41, 5.74) is 0. The van der Waals surface area contributed by atoms with E-state index in [4.69, 9.17) is 4.74 Å². The Morgan fingerprint density at radius 1 is 1.40 bits per heavy atom. The van der Waals surface area contributed by atoms with Crippen molar-refractivity contribution in [2.75, 3.05) is 18.6 Å². The average Bonchev–Trinajstić information content (AvgIpc) is 3.16. The fourth-order valence-corrected chi connectivity index (χ4v) is 3.20. The second-order valence-corrected chi connectivity index (χ2v) is 5.50. The number of carbonyl (C=O) groups is 2. The molecule has 1 aromatic heterocycles. The molecule has 1 aromatic rings. The Bertz CT molecular complexity index is 519. The third-order valence-electron chi connectivity index (χ3n) is 4.26. The fourth-order valence-electron chi connectivity index (χ4n) is 3.20. The van der Waals surface area contributed by atoms with Gasteiger partial charge in [-0.25, -0.2) is 4.68 Å². The maximum Gasteiger partial charge on any atom is 0.311 e. The first-order chi connectivity index (χ1) is 9.70. The van der Waals surface area contributed by atoms with Crippen molar-refractivity contribution in [1.82, 2.24) is 9.78 Å². The summed E-state index contributed by atoms with van der Waals surface area (Å²) < 4.78 is 6.69. The van der Waals surface area contributed by atoms with Crippen molar-refractivity contribution in [2.45, 2.75) is 38.1 Å². The Balaban J connectivity index is 1.81. The van der Waals surface area contributed by atoms with Crippen molar-refractivity contribution in [3.05, 3.63) is 12.3 Å². The number of esters is 1. The molecule has 0 N–H and O–H groups in total. The van der Waals surface area contributed by atoms with Crippen LogP contribution in [-0.4, -0.2) is 35.3 Å². The first-order valence-corrected chi connectivity index (χ1v) is 7.12. The second kappa shape index (κ2) is 5.26. The van der Waals surface area contributed by atoms with Crippen LogP contribution >= 0.6 is 0 Å². The molecule has 0 radical (unpaired) electrons. The molecule has 20 heavy (non-hydrogen) atoms. The molecule has 3 rings (SSSR count). The molecule has 1 unspecified atom stereocenters. The predicted octanol–water partition coefficient (Wildman–Crippen LogP) is 1.52. The van der Waals surface area contributed by atoms with Crippen LogP contribution in [0.2, 0.25) is 0 Å². The van der Waals surface area contributed by atoms with Crippen LogP contribution in [0.4, 0.5) is 5.82 Å². The van der Waals surface area contributed by atoms with Gasteiger partial charge in [0.2, 0.25) is 5.91 Å². The SMILES string of the molecule is COC(=O)C1CC(=O)N(c2ccnn2C2CCCC2)C1. The summed E-state index contributed by atoms with van der Waals surface area (Å²) in [7, 11) is 1.36. The summed E-state index contributed by atoms with van der Waals surface area (Å²) in [6, 6.07) is 2.24. The molecule has 2 heterocycles. The van der Waals surface area contributed by atoms with Gasteiger partial charge in [-0.3, -0.25) is 14.5 Å². The minimum Gasteiger partial charge on any atom is -0.469 e. The number of amides is 1. The number of ether oxygens (including phenoxy) is 1. The van der Waals surface area contributed by atoms with E-state index in [1.54, 1.807) is 11.1 Å². The largest absolute Gasteiger partial charge is 0.469 e. The lowest BCUT2D eigenvalue weighted by molar-refractivity contribution is -0.145. The van der Waals surface area contributed by atoms with E-state index in [1.165, 1.54) is 20.0 Å². The van der Waals surface area contributed by atoms with Gasteiger partial charge >= 0.3 is 5.97 Å². The molecule has 1 amide bonds. The van der Waals surface area contributed by atoms with Gasteiger partial charge in [0.1, 0.15) is 5.82 Å². The molecular weight excluding hydrogens is 258 g/mol. The minimum absolute atomic E-state index is 0.0276. The van der Waals surface area contributed by atoms with Crippen molar-refractivity contribution in [2.24, 2.45) is 5.92 Å². The van der Waals surface area contributed by atoms with Crippen LogP contribution < -0.4 is 4.90 Å². The Morgan fingerprint density at radius 2 is 2.15 bits per heavy atom. The van der Waals surface area contributed by atoms with Crippen molar-refractivity contribution in [1.29, 1.82) is 0 Å². The van der Waals surface area contributed by atoms with E-state index >= 15 is 0 Å². The van der Waals surface area contributed by atoms with E-state index < -0.39 is 0 Å². The van der Waals surface area contributed by atoms with Gasteiger partial charge in [0.25, 0.3) is 0 Å². The Kier molecular flexibility index (Phi) is 3.46. The van der Waals surface area contributed by atoms with Crippen LogP contribution in [0.5, 0.6) is 0 Å². The van der Waals surface area contributed by atoms with E-state index in [-0.39, 0.29) is 24.2 Å². The van der Waals surface area contributed by atoms with Gasteiger partial charge in [-0.1, -0.05) is 12.8 Å². The standard InChI is InChI=1S/C14H19N3O3/c1-20-14(19)10-8-13(18)16(9-10)12-6-7-15-17(12)11-4-2-3-5-11/h6-7,10-11H,2-5,8-9H2,1H3. The number of rotatable bonds is 3. The molecule has 6 heteroatoms. The van der Waals surface area contributed by atoms with Gasteiger partial charge < -0.3 is 4.74 Å².